The van der Waals surface area contributed by atoms with Gasteiger partial charge in [-0.2, -0.15) is 0 Å². The first-order valence-electron chi connectivity index (χ1n) is 6.23. The Morgan fingerprint density at radius 3 is 2.42 bits per heavy atom. The molecule has 0 spiro atoms. The number of aromatic nitrogens is 1. The molecule has 0 bridgehead atoms. The zero-order valence-electron chi connectivity index (χ0n) is 11.2. The quantitative estimate of drug-likeness (QED) is 0.930. The van der Waals surface area contributed by atoms with Crippen LogP contribution in [0.25, 0.3) is 0 Å². The number of anilines is 1. The summed E-state index contributed by atoms with van der Waals surface area (Å²) >= 11 is 5.87. The molecule has 100 valence electrons. The van der Waals surface area contributed by atoms with Gasteiger partial charge in [-0.05, 0) is 36.2 Å². The maximum atomic E-state index is 5.87. The lowest BCUT2D eigenvalue weighted by Crippen LogP contribution is -2.18. The third-order valence-corrected chi connectivity index (χ3v) is 3.27. The lowest BCUT2D eigenvalue weighted by atomic mass is 10.1. The number of nitrogens with zero attached hydrogens (tertiary/aromatic N) is 2. The summed E-state index contributed by atoms with van der Waals surface area (Å²) in [6.07, 6.45) is 1.83. The number of halogens is 1. The van der Waals surface area contributed by atoms with E-state index in [0.29, 0.717) is 0 Å². The minimum atomic E-state index is 0.0168. The van der Waals surface area contributed by atoms with Crippen LogP contribution in [-0.2, 0) is 6.54 Å². The molecule has 0 radical (unpaired) electrons. The van der Waals surface area contributed by atoms with E-state index in [9.17, 15) is 0 Å². The van der Waals surface area contributed by atoms with E-state index in [1.54, 1.807) is 0 Å². The average molecular weight is 276 g/mol. The van der Waals surface area contributed by atoms with Crippen molar-refractivity contribution in [3.8, 4) is 0 Å². The van der Waals surface area contributed by atoms with Gasteiger partial charge in [0.2, 0.25) is 0 Å². The first kappa shape index (κ1) is 13.8. The number of pyridine rings is 1. The van der Waals surface area contributed by atoms with Crippen molar-refractivity contribution in [3.63, 3.8) is 0 Å². The third-order valence-electron chi connectivity index (χ3n) is 3.02. The second-order valence-electron chi connectivity index (χ2n) is 4.72. The van der Waals surface area contributed by atoms with Crippen molar-refractivity contribution in [1.29, 1.82) is 0 Å². The van der Waals surface area contributed by atoms with E-state index >= 15 is 0 Å². The van der Waals surface area contributed by atoms with Crippen molar-refractivity contribution in [2.24, 2.45) is 5.73 Å². The predicted octanol–water partition coefficient (Wildman–Crippen LogP) is 3.39. The molecule has 2 N–H and O–H groups in total. The van der Waals surface area contributed by atoms with Gasteiger partial charge in [0, 0.05) is 30.9 Å². The number of nitrogens with two attached hydrogens (primary N) is 1. The van der Waals surface area contributed by atoms with E-state index in [1.807, 2.05) is 56.6 Å². The molecule has 1 heterocycles. The van der Waals surface area contributed by atoms with Crippen LogP contribution in [0, 0.1) is 0 Å². The van der Waals surface area contributed by atoms with Crippen LogP contribution in [-0.4, -0.2) is 12.0 Å². The first-order valence-corrected chi connectivity index (χ1v) is 6.61. The molecule has 19 heavy (non-hydrogen) atoms. The van der Waals surface area contributed by atoms with Crippen LogP contribution in [0.3, 0.4) is 0 Å². The van der Waals surface area contributed by atoms with Crippen molar-refractivity contribution in [2.75, 3.05) is 11.9 Å². The Morgan fingerprint density at radius 1 is 1.21 bits per heavy atom. The van der Waals surface area contributed by atoms with Gasteiger partial charge < -0.3 is 10.6 Å². The molecule has 1 aromatic heterocycles. The predicted molar refractivity (Wildman–Crippen MR) is 80.4 cm³/mol. The number of benzene rings is 1. The lowest BCUT2D eigenvalue weighted by molar-refractivity contribution is 0.807. The van der Waals surface area contributed by atoms with Gasteiger partial charge in [0.1, 0.15) is 5.82 Å². The van der Waals surface area contributed by atoms with Crippen LogP contribution in [0.4, 0.5) is 5.82 Å². The van der Waals surface area contributed by atoms with E-state index in [0.717, 1.165) is 22.9 Å². The van der Waals surface area contributed by atoms with Gasteiger partial charge in [-0.3, -0.25) is 0 Å². The highest BCUT2D eigenvalue weighted by molar-refractivity contribution is 6.30. The summed E-state index contributed by atoms with van der Waals surface area (Å²) in [7, 11) is 2.02. The summed E-state index contributed by atoms with van der Waals surface area (Å²) in [5.41, 5.74) is 8.06. The monoisotopic (exact) mass is 275 g/mol. The SMILES string of the molecule is C[C@H](N)c1ccc(N(C)Cc2ccc(Cl)cc2)nc1. The Kier molecular flexibility index (Phi) is 4.40. The van der Waals surface area contributed by atoms with Crippen LogP contribution in [0.5, 0.6) is 0 Å². The molecule has 0 aliphatic carbocycles. The fourth-order valence-electron chi connectivity index (χ4n) is 1.84. The molecule has 2 aromatic rings. The molecule has 1 atom stereocenters. The second-order valence-corrected chi connectivity index (χ2v) is 5.16. The zero-order valence-corrected chi connectivity index (χ0v) is 11.9. The summed E-state index contributed by atoms with van der Waals surface area (Å²) in [5, 5.41) is 0.755. The lowest BCUT2D eigenvalue weighted by Gasteiger charge is -2.19. The van der Waals surface area contributed by atoms with E-state index < -0.39 is 0 Å². The molecule has 4 heteroatoms. The summed E-state index contributed by atoms with van der Waals surface area (Å²) in [5.74, 6) is 0.930. The maximum absolute atomic E-state index is 5.87. The van der Waals surface area contributed by atoms with E-state index in [-0.39, 0.29) is 6.04 Å². The van der Waals surface area contributed by atoms with Gasteiger partial charge in [-0.25, -0.2) is 4.98 Å². The molecule has 0 fully saturated rings. The number of rotatable bonds is 4. The van der Waals surface area contributed by atoms with E-state index in [1.165, 1.54) is 5.56 Å². The highest BCUT2D eigenvalue weighted by Gasteiger charge is 2.05. The molecule has 0 saturated carbocycles. The normalized spacial score (nSPS) is 12.2. The maximum Gasteiger partial charge on any atom is 0.128 e. The number of hydrogen-bond acceptors (Lipinski definition) is 3. The van der Waals surface area contributed by atoms with Crippen LogP contribution in [0.1, 0.15) is 24.1 Å². The zero-order chi connectivity index (χ0) is 13.8. The molecule has 0 saturated heterocycles. The summed E-state index contributed by atoms with van der Waals surface area (Å²) in [4.78, 5) is 6.52. The van der Waals surface area contributed by atoms with Crippen LogP contribution in [0.15, 0.2) is 42.6 Å². The highest BCUT2D eigenvalue weighted by Crippen LogP contribution is 2.17. The fraction of sp³-hybridized carbons (Fsp3) is 0.267. The topological polar surface area (TPSA) is 42.1 Å². The first-order chi connectivity index (χ1) is 9.06. The Balaban J connectivity index is 2.07. The Morgan fingerprint density at radius 2 is 1.89 bits per heavy atom. The number of hydrogen-bond donors (Lipinski definition) is 1. The van der Waals surface area contributed by atoms with Crippen molar-refractivity contribution in [1.82, 2.24) is 4.98 Å². The molecule has 2 rings (SSSR count). The van der Waals surface area contributed by atoms with Gasteiger partial charge in [0.15, 0.2) is 0 Å². The highest BCUT2D eigenvalue weighted by atomic mass is 35.5. The summed E-state index contributed by atoms with van der Waals surface area (Å²) in [6, 6.07) is 11.9. The second kappa shape index (κ2) is 6.04. The Hall–Kier alpha value is -1.58. The summed E-state index contributed by atoms with van der Waals surface area (Å²) < 4.78 is 0. The Bertz CT molecular complexity index is 520. The van der Waals surface area contributed by atoms with Gasteiger partial charge in [-0.1, -0.05) is 29.8 Å². The van der Waals surface area contributed by atoms with Gasteiger partial charge in [0.05, 0.1) is 0 Å². The van der Waals surface area contributed by atoms with Crippen molar-refractivity contribution >= 4 is 17.4 Å². The molecule has 1 aromatic carbocycles. The van der Waals surface area contributed by atoms with Crippen molar-refractivity contribution in [2.45, 2.75) is 19.5 Å². The van der Waals surface area contributed by atoms with Crippen molar-refractivity contribution in [3.05, 3.63) is 58.7 Å². The largest absolute Gasteiger partial charge is 0.355 e. The molecule has 0 unspecified atom stereocenters. The molecule has 3 nitrogen and oxygen atoms in total. The van der Waals surface area contributed by atoms with Crippen LogP contribution in [0.2, 0.25) is 5.02 Å². The standard InChI is InChI=1S/C15H18ClN3/c1-11(17)13-5-8-15(18-9-13)19(2)10-12-3-6-14(16)7-4-12/h3-9,11H,10,17H2,1-2H3/t11-/m0/s1. The smallest absolute Gasteiger partial charge is 0.128 e. The van der Waals surface area contributed by atoms with Gasteiger partial charge >= 0.3 is 0 Å². The van der Waals surface area contributed by atoms with Crippen LogP contribution < -0.4 is 10.6 Å². The van der Waals surface area contributed by atoms with Gasteiger partial charge in [-0.15, -0.1) is 0 Å². The molecular formula is C15H18ClN3. The minimum Gasteiger partial charge on any atom is -0.355 e. The fourth-order valence-corrected chi connectivity index (χ4v) is 1.96. The third kappa shape index (κ3) is 3.69. The summed E-state index contributed by atoms with van der Waals surface area (Å²) in [6.45, 7) is 2.75. The van der Waals surface area contributed by atoms with E-state index in [2.05, 4.69) is 9.88 Å². The van der Waals surface area contributed by atoms with Gasteiger partial charge in [0.25, 0.3) is 0 Å². The molecule has 0 amide bonds. The van der Waals surface area contributed by atoms with E-state index in [4.69, 9.17) is 17.3 Å². The minimum absolute atomic E-state index is 0.0168. The van der Waals surface area contributed by atoms with Crippen LogP contribution >= 0.6 is 11.6 Å². The molecule has 0 aliphatic rings. The average Bonchev–Trinajstić information content (AvgIpc) is 2.41. The molecule has 0 aliphatic heterocycles. The van der Waals surface area contributed by atoms with Crippen molar-refractivity contribution < 1.29 is 0 Å². The Labute approximate surface area is 119 Å². The molecular weight excluding hydrogens is 258 g/mol.